The standard InChI is InChI=1S/C13H18O6S/c1-8-3-5-9(6-4-8)20(16,17)12-10(7-14)19-13(15)11(12)18-2/h3-6,10-15H,7H2,1-2H3/t10-,11-,12+,13-/m1/s1. The molecule has 6 nitrogen and oxygen atoms in total. The monoisotopic (exact) mass is 302 g/mol. The molecule has 0 aliphatic carbocycles. The normalized spacial score (nSPS) is 30.6. The fourth-order valence-corrected chi connectivity index (χ4v) is 4.34. The average molecular weight is 302 g/mol. The number of hydrogen-bond acceptors (Lipinski definition) is 6. The Morgan fingerprint density at radius 3 is 2.40 bits per heavy atom. The molecule has 2 N–H and O–H groups in total. The summed E-state index contributed by atoms with van der Waals surface area (Å²) in [5, 5.41) is 17.8. The van der Waals surface area contributed by atoms with Gasteiger partial charge in [0.25, 0.3) is 0 Å². The predicted octanol–water partition coefficient (Wildman–Crippen LogP) is -0.138. The number of rotatable bonds is 4. The molecule has 2 rings (SSSR count). The number of benzene rings is 1. The molecule has 0 aromatic heterocycles. The van der Waals surface area contributed by atoms with Gasteiger partial charge >= 0.3 is 0 Å². The second kappa shape index (κ2) is 5.79. The molecule has 0 amide bonds. The van der Waals surface area contributed by atoms with Crippen molar-refractivity contribution in [3.63, 3.8) is 0 Å². The maximum Gasteiger partial charge on any atom is 0.186 e. The summed E-state index contributed by atoms with van der Waals surface area (Å²) in [5.41, 5.74) is 0.939. The Morgan fingerprint density at radius 2 is 1.90 bits per heavy atom. The minimum absolute atomic E-state index is 0.117. The van der Waals surface area contributed by atoms with E-state index in [1.165, 1.54) is 19.2 Å². The zero-order chi connectivity index (χ0) is 14.9. The summed E-state index contributed by atoms with van der Waals surface area (Å²) in [6.45, 7) is 1.35. The predicted molar refractivity (Wildman–Crippen MR) is 70.9 cm³/mol. The number of sulfone groups is 1. The Bertz CT molecular complexity index is 553. The van der Waals surface area contributed by atoms with Gasteiger partial charge in [-0.05, 0) is 19.1 Å². The van der Waals surface area contributed by atoms with Crippen molar-refractivity contribution in [2.45, 2.75) is 35.6 Å². The van der Waals surface area contributed by atoms with Crippen LogP contribution in [0, 0.1) is 6.92 Å². The van der Waals surface area contributed by atoms with Crippen LogP contribution < -0.4 is 0 Å². The highest BCUT2D eigenvalue weighted by Crippen LogP contribution is 2.31. The molecular formula is C13H18O6S. The Kier molecular flexibility index (Phi) is 4.46. The van der Waals surface area contributed by atoms with E-state index >= 15 is 0 Å². The highest BCUT2D eigenvalue weighted by molar-refractivity contribution is 7.92. The SMILES string of the molecule is CO[C@@H]1[C@@H](S(=O)(=O)c2ccc(C)cc2)[C@@H](CO)O[C@H]1O. The lowest BCUT2D eigenvalue weighted by Gasteiger charge is -2.21. The summed E-state index contributed by atoms with van der Waals surface area (Å²) in [5.74, 6) is 0. The first kappa shape index (κ1) is 15.4. The minimum atomic E-state index is -3.78. The number of ether oxygens (including phenoxy) is 2. The van der Waals surface area contributed by atoms with Crippen molar-refractivity contribution in [2.75, 3.05) is 13.7 Å². The largest absolute Gasteiger partial charge is 0.394 e. The Balaban J connectivity index is 2.43. The van der Waals surface area contributed by atoms with Crippen LogP contribution in [0.15, 0.2) is 29.2 Å². The van der Waals surface area contributed by atoms with Crippen LogP contribution >= 0.6 is 0 Å². The fourth-order valence-electron chi connectivity index (χ4n) is 2.37. The molecule has 1 aromatic rings. The summed E-state index contributed by atoms with van der Waals surface area (Å²) in [4.78, 5) is 0.117. The molecule has 0 bridgehead atoms. The van der Waals surface area contributed by atoms with E-state index in [0.717, 1.165) is 5.56 Å². The Labute approximate surface area is 117 Å². The molecule has 1 saturated heterocycles. The minimum Gasteiger partial charge on any atom is -0.394 e. The molecule has 1 heterocycles. The van der Waals surface area contributed by atoms with E-state index in [1.54, 1.807) is 12.1 Å². The molecule has 0 spiro atoms. The summed E-state index contributed by atoms with van der Waals surface area (Å²) in [7, 11) is -2.48. The highest BCUT2D eigenvalue weighted by atomic mass is 32.2. The Hall–Kier alpha value is -0.990. The molecular weight excluding hydrogens is 284 g/mol. The van der Waals surface area contributed by atoms with Crippen molar-refractivity contribution in [1.82, 2.24) is 0 Å². The molecule has 20 heavy (non-hydrogen) atoms. The molecule has 112 valence electrons. The lowest BCUT2D eigenvalue weighted by atomic mass is 10.2. The van der Waals surface area contributed by atoms with Gasteiger partial charge in [-0.1, -0.05) is 17.7 Å². The third-order valence-corrected chi connectivity index (χ3v) is 5.66. The van der Waals surface area contributed by atoms with Gasteiger partial charge in [0.1, 0.15) is 17.5 Å². The third kappa shape index (κ3) is 2.59. The van der Waals surface area contributed by atoms with E-state index < -0.39 is 40.2 Å². The van der Waals surface area contributed by atoms with E-state index in [-0.39, 0.29) is 4.90 Å². The lowest BCUT2D eigenvalue weighted by Crippen LogP contribution is -2.42. The van der Waals surface area contributed by atoms with Crippen LogP contribution in [0.3, 0.4) is 0 Å². The lowest BCUT2D eigenvalue weighted by molar-refractivity contribution is -0.139. The second-order valence-electron chi connectivity index (χ2n) is 4.77. The molecule has 0 unspecified atom stereocenters. The van der Waals surface area contributed by atoms with Gasteiger partial charge in [0, 0.05) is 7.11 Å². The first-order valence-electron chi connectivity index (χ1n) is 6.19. The second-order valence-corrected chi connectivity index (χ2v) is 6.88. The molecule has 1 aromatic carbocycles. The maximum atomic E-state index is 12.6. The van der Waals surface area contributed by atoms with E-state index in [2.05, 4.69) is 0 Å². The van der Waals surface area contributed by atoms with Crippen molar-refractivity contribution in [3.05, 3.63) is 29.8 Å². The van der Waals surface area contributed by atoms with Gasteiger partial charge in [-0.2, -0.15) is 0 Å². The van der Waals surface area contributed by atoms with E-state index in [9.17, 15) is 18.6 Å². The van der Waals surface area contributed by atoms with Crippen LogP contribution in [0.25, 0.3) is 0 Å². The van der Waals surface area contributed by atoms with Crippen molar-refractivity contribution in [3.8, 4) is 0 Å². The van der Waals surface area contributed by atoms with Gasteiger partial charge in [0.05, 0.1) is 11.5 Å². The van der Waals surface area contributed by atoms with Crippen LogP contribution in [0.2, 0.25) is 0 Å². The first-order chi connectivity index (χ1) is 9.41. The number of methoxy groups -OCH3 is 1. The molecule has 1 fully saturated rings. The van der Waals surface area contributed by atoms with Gasteiger partial charge in [-0.3, -0.25) is 0 Å². The van der Waals surface area contributed by atoms with Gasteiger partial charge in [-0.25, -0.2) is 8.42 Å². The summed E-state index contributed by atoms with van der Waals surface area (Å²) in [6.07, 6.45) is -3.41. The van der Waals surface area contributed by atoms with Crippen molar-refractivity contribution in [1.29, 1.82) is 0 Å². The van der Waals surface area contributed by atoms with Crippen LogP contribution in [0.4, 0.5) is 0 Å². The van der Waals surface area contributed by atoms with Gasteiger partial charge < -0.3 is 19.7 Å². The molecule has 4 atom stereocenters. The fraction of sp³-hybridized carbons (Fsp3) is 0.538. The van der Waals surface area contributed by atoms with Gasteiger partial charge in [0.2, 0.25) is 0 Å². The third-order valence-electron chi connectivity index (χ3n) is 3.45. The molecule has 0 saturated carbocycles. The Morgan fingerprint density at radius 1 is 1.30 bits per heavy atom. The smallest absolute Gasteiger partial charge is 0.186 e. The highest BCUT2D eigenvalue weighted by Gasteiger charge is 2.51. The quantitative estimate of drug-likeness (QED) is 0.804. The topological polar surface area (TPSA) is 93.1 Å². The number of hydrogen-bond donors (Lipinski definition) is 2. The average Bonchev–Trinajstić information content (AvgIpc) is 2.76. The van der Waals surface area contributed by atoms with Gasteiger partial charge in [-0.15, -0.1) is 0 Å². The number of aryl methyl sites for hydroxylation is 1. The van der Waals surface area contributed by atoms with Crippen molar-refractivity contribution >= 4 is 9.84 Å². The van der Waals surface area contributed by atoms with E-state index in [1.807, 2.05) is 6.92 Å². The van der Waals surface area contributed by atoms with E-state index in [0.29, 0.717) is 0 Å². The number of aliphatic hydroxyl groups excluding tert-OH is 2. The van der Waals surface area contributed by atoms with E-state index in [4.69, 9.17) is 9.47 Å². The summed E-state index contributed by atoms with van der Waals surface area (Å²) >= 11 is 0. The summed E-state index contributed by atoms with van der Waals surface area (Å²) < 4.78 is 35.4. The number of aliphatic hydroxyl groups is 2. The van der Waals surface area contributed by atoms with Crippen LogP contribution in [0.1, 0.15) is 5.56 Å². The molecule has 7 heteroatoms. The summed E-state index contributed by atoms with van der Waals surface area (Å²) in [6, 6.07) is 6.37. The van der Waals surface area contributed by atoms with Crippen LogP contribution in [-0.4, -0.2) is 56.1 Å². The molecule has 1 aliphatic heterocycles. The van der Waals surface area contributed by atoms with Crippen LogP contribution in [0.5, 0.6) is 0 Å². The molecule has 0 radical (unpaired) electrons. The van der Waals surface area contributed by atoms with Crippen molar-refractivity contribution < 1.29 is 28.1 Å². The maximum absolute atomic E-state index is 12.6. The van der Waals surface area contributed by atoms with Crippen molar-refractivity contribution in [2.24, 2.45) is 0 Å². The zero-order valence-electron chi connectivity index (χ0n) is 11.3. The molecule has 1 aliphatic rings. The van der Waals surface area contributed by atoms with Crippen LogP contribution in [-0.2, 0) is 19.3 Å². The van der Waals surface area contributed by atoms with Gasteiger partial charge in [0.15, 0.2) is 16.1 Å². The zero-order valence-corrected chi connectivity index (χ0v) is 12.1. The first-order valence-corrected chi connectivity index (χ1v) is 7.74.